The first-order valence-corrected chi connectivity index (χ1v) is 6.07. The van der Waals surface area contributed by atoms with Crippen LogP contribution in [0, 0.1) is 0 Å². The minimum Gasteiger partial charge on any atom is -0.465 e. The summed E-state index contributed by atoms with van der Waals surface area (Å²) in [5.41, 5.74) is 11.9. The molecule has 1 amide bonds. The van der Waals surface area contributed by atoms with Crippen LogP contribution in [-0.2, 0) is 4.74 Å². The molecule has 2 aromatic carbocycles. The smallest absolute Gasteiger partial charge is 0.341 e. The third-order valence-electron chi connectivity index (χ3n) is 2.81. The summed E-state index contributed by atoms with van der Waals surface area (Å²) in [5.74, 6) is -0.457. The SMILES string of the molecule is COC(=O)c1cccc(N)c1Oc1ccc(C(N)=O)cc1. The first-order chi connectivity index (χ1) is 10.0. The highest BCUT2D eigenvalue weighted by molar-refractivity contribution is 5.95. The lowest BCUT2D eigenvalue weighted by Gasteiger charge is -2.12. The van der Waals surface area contributed by atoms with Gasteiger partial charge in [-0.15, -0.1) is 0 Å². The molecule has 0 aliphatic heterocycles. The van der Waals surface area contributed by atoms with Crippen LogP contribution < -0.4 is 16.2 Å². The number of hydrogen-bond acceptors (Lipinski definition) is 5. The number of anilines is 1. The largest absolute Gasteiger partial charge is 0.465 e. The Morgan fingerprint density at radius 2 is 1.71 bits per heavy atom. The Morgan fingerprint density at radius 3 is 2.29 bits per heavy atom. The number of amides is 1. The molecule has 21 heavy (non-hydrogen) atoms. The van der Waals surface area contributed by atoms with Crippen LogP contribution in [0.25, 0.3) is 0 Å². The second kappa shape index (κ2) is 5.96. The molecule has 0 atom stereocenters. The zero-order valence-corrected chi connectivity index (χ0v) is 11.3. The fourth-order valence-electron chi connectivity index (χ4n) is 1.74. The van der Waals surface area contributed by atoms with Gasteiger partial charge in [0, 0.05) is 5.56 Å². The quantitative estimate of drug-likeness (QED) is 0.660. The van der Waals surface area contributed by atoms with Crippen LogP contribution in [-0.4, -0.2) is 19.0 Å². The minimum absolute atomic E-state index is 0.205. The van der Waals surface area contributed by atoms with E-state index in [0.29, 0.717) is 17.0 Å². The van der Waals surface area contributed by atoms with E-state index in [2.05, 4.69) is 4.74 Å². The third-order valence-corrected chi connectivity index (χ3v) is 2.81. The van der Waals surface area contributed by atoms with Gasteiger partial charge in [0.25, 0.3) is 0 Å². The van der Waals surface area contributed by atoms with E-state index in [1.54, 1.807) is 30.3 Å². The van der Waals surface area contributed by atoms with Crippen LogP contribution in [0.1, 0.15) is 20.7 Å². The maximum absolute atomic E-state index is 11.7. The standard InChI is InChI=1S/C15H14N2O4/c1-20-15(19)11-3-2-4-12(16)13(11)21-10-7-5-9(6-8-10)14(17)18/h2-8H,16H2,1H3,(H2,17,18). The average Bonchev–Trinajstić information content (AvgIpc) is 2.49. The number of nitrogen functional groups attached to an aromatic ring is 1. The number of nitrogens with two attached hydrogens (primary N) is 2. The van der Waals surface area contributed by atoms with Crippen molar-refractivity contribution in [1.29, 1.82) is 0 Å². The number of ether oxygens (including phenoxy) is 2. The highest BCUT2D eigenvalue weighted by Crippen LogP contribution is 2.31. The summed E-state index contributed by atoms with van der Waals surface area (Å²) >= 11 is 0. The van der Waals surface area contributed by atoms with Gasteiger partial charge in [-0.1, -0.05) is 6.07 Å². The van der Waals surface area contributed by atoms with Crippen molar-refractivity contribution in [2.75, 3.05) is 12.8 Å². The summed E-state index contributed by atoms with van der Waals surface area (Å²) in [6, 6.07) is 11.0. The second-order valence-corrected chi connectivity index (χ2v) is 4.21. The maximum atomic E-state index is 11.7. The van der Waals surface area contributed by atoms with Gasteiger partial charge in [0.05, 0.1) is 12.8 Å². The third kappa shape index (κ3) is 3.11. The molecule has 0 fully saturated rings. The van der Waals surface area contributed by atoms with Crippen LogP contribution in [0.3, 0.4) is 0 Å². The molecule has 0 unspecified atom stereocenters. The molecular formula is C15H14N2O4. The van der Waals surface area contributed by atoms with E-state index >= 15 is 0 Å². The topological polar surface area (TPSA) is 105 Å². The van der Waals surface area contributed by atoms with Gasteiger partial charge in [0.2, 0.25) is 5.91 Å². The normalized spacial score (nSPS) is 9.95. The lowest BCUT2D eigenvalue weighted by atomic mass is 10.1. The average molecular weight is 286 g/mol. The minimum atomic E-state index is -0.550. The molecule has 6 heteroatoms. The molecular weight excluding hydrogens is 272 g/mol. The summed E-state index contributed by atoms with van der Waals surface area (Å²) < 4.78 is 10.3. The zero-order valence-electron chi connectivity index (χ0n) is 11.3. The molecule has 0 heterocycles. The maximum Gasteiger partial charge on any atom is 0.341 e. The van der Waals surface area contributed by atoms with E-state index in [-0.39, 0.29) is 11.3 Å². The Kier molecular flexibility index (Phi) is 4.08. The van der Waals surface area contributed by atoms with Gasteiger partial charge < -0.3 is 20.9 Å². The van der Waals surface area contributed by atoms with Crippen molar-refractivity contribution >= 4 is 17.6 Å². The fourth-order valence-corrected chi connectivity index (χ4v) is 1.74. The number of rotatable bonds is 4. The van der Waals surface area contributed by atoms with Gasteiger partial charge in [-0.25, -0.2) is 4.79 Å². The number of carbonyl (C=O) groups is 2. The number of hydrogen-bond donors (Lipinski definition) is 2. The van der Waals surface area contributed by atoms with Crippen LogP contribution in [0.5, 0.6) is 11.5 Å². The van der Waals surface area contributed by atoms with Crippen molar-refractivity contribution in [3.05, 3.63) is 53.6 Å². The first kappa shape index (κ1) is 14.4. The van der Waals surface area contributed by atoms with E-state index < -0.39 is 11.9 Å². The van der Waals surface area contributed by atoms with E-state index in [1.165, 1.54) is 19.2 Å². The second-order valence-electron chi connectivity index (χ2n) is 4.21. The van der Waals surface area contributed by atoms with Gasteiger partial charge in [-0.05, 0) is 36.4 Å². The number of methoxy groups -OCH3 is 1. The van der Waals surface area contributed by atoms with E-state index in [1.807, 2.05) is 0 Å². The van der Waals surface area contributed by atoms with Crippen molar-refractivity contribution in [2.24, 2.45) is 5.73 Å². The van der Waals surface area contributed by atoms with Crippen molar-refractivity contribution in [3.63, 3.8) is 0 Å². The monoisotopic (exact) mass is 286 g/mol. The predicted octanol–water partition coefficient (Wildman–Crippen LogP) is 1.95. The zero-order chi connectivity index (χ0) is 15.4. The predicted molar refractivity (Wildman–Crippen MR) is 77.2 cm³/mol. The molecule has 0 bridgehead atoms. The van der Waals surface area contributed by atoms with Gasteiger partial charge >= 0.3 is 5.97 Å². The molecule has 0 saturated heterocycles. The Balaban J connectivity index is 2.34. The molecule has 2 rings (SSSR count). The molecule has 0 spiro atoms. The molecule has 0 aliphatic carbocycles. The molecule has 0 aliphatic rings. The molecule has 108 valence electrons. The molecule has 6 nitrogen and oxygen atoms in total. The van der Waals surface area contributed by atoms with Gasteiger partial charge in [-0.2, -0.15) is 0 Å². The Morgan fingerprint density at radius 1 is 1.05 bits per heavy atom. The highest BCUT2D eigenvalue weighted by Gasteiger charge is 2.16. The molecule has 2 aromatic rings. The molecule has 4 N–H and O–H groups in total. The van der Waals surface area contributed by atoms with Crippen molar-refractivity contribution < 1.29 is 19.1 Å². The van der Waals surface area contributed by atoms with Crippen molar-refractivity contribution in [2.45, 2.75) is 0 Å². The van der Waals surface area contributed by atoms with Crippen LogP contribution in [0.2, 0.25) is 0 Å². The number of benzene rings is 2. The van der Waals surface area contributed by atoms with Gasteiger partial charge in [0.15, 0.2) is 5.75 Å². The number of carbonyl (C=O) groups excluding carboxylic acids is 2. The van der Waals surface area contributed by atoms with Gasteiger partial charge in [0.1, 0.15) is 11.3 Å². The van der Waals surface area contributed by atoms with Crippen molar-refractivity contribution in [3.8, 4) is 11.5 Å². The summed E-state index contributed by atoms with van der Waals surface area (Å²) in [6.45, 7) is 0. The summed E-state index contributed by atoms with van der Waals surface area (Å²) in [5, 5.41) is 0. The van der Waals surface area contributed by atoms with E-state index in [4.69, 9.17) is 16.2 Å². The molecule has 0 aromatic heterocycles. The first-order valence-electron chi connectivity index (χ1n) is 6.07. The number of esters is 1. The van der Waals surface area contributed by atoms with E-state index in [0.717, 1.165) is 0 Å². The highest BCUT2D eigenvalue weighted by atomic mass is 16.5. The molecule has 0 radical (unpaired) electrons. The fraction of sp³-hybridized carbons (Fsp3) is 0.0667. The molecule has 0 saturated carbocycles. The van der Waals surface area contributed by atoms with Gasteiger partial charge in [-0.3, -0.25) is 4.79 Å². The number of primary amides is 1. The summed E-state index contributed by atoms with van der Waals surface area (Å²) in [6.07, 6.45) is 0. The summed E-state index contributed by atoms with van der Waals surface area (Å²) in [4.78, 5) is 22.7. The lowest BCUT2D eigenvalue weighted by Crippen LogP contribution is -2.10. The summed E-state index contributed by atoms with van der Waals surface area (Å²) in [7, 11) is 1.27. The van der Waals surface area contributed by atoms with Crippen LogP contribution in [0.4, 0.5) is 5.69 Å². The van der Waals surface area contributed by atoms with Crippen LogP contribution in [0.15, 0.2) is 42.5 Å². The Hall–Kier alpha value is -3.02. The van der Waals surface area contributed by atoms with E-state index in [9.17, 15) is 9.59 Å². The van der Waals surface area contributed by atoms with Crippen molar-refractivity contribution in [1.82, 2.24) is 0 Å². The number of para-hydroxylation sites is 1. The Labute approximate surface area is 121 Å². The Bertz CT molecular complexity index is 681. The van der Waals surface area contributed by atoms with Crippen LogP contribution >= 0.6 is 0 Å². The lowest BCUT2D eigenvalue weighted by molar-refractivity contribution is 0.0598.